The van der Waals surface area contributed by atoms with Crippen LogP contribution < -0.4 is 5.32 Å². The van der Waals surface area contributed by atoms with Crippen LogP contribution in [0.2, 0.25) is 0 Å². The number of hydrogen-bond donors (Lipinski definition) is 1. The van der Waals surface area contributed by atoms with Crippen LogP contribution in [0, 0.1) is 0 Å². The lowest BCUT2D eigenvalue weighted by molar-refractivity contribution is -0.141. The monoisotopic (exact) mass is 433 g/mol. The predicted octanol–water partition coefficient (Wildman–Crippen LogP) is 1.46. The zero-order valence-corrected chi connectivity index (χ0v) is 17.7. The molecule has 30 heavy (non-hydrogen) atoms. The van der Waals surface area contributed by atoms with Crippen LogP contribution in [0.3, 0.4) is 0 Å². The van der Waals surface area contributed by atoms with Gasteiger partial charge in [-0.15, -0.1) is 0 Å². The molecule has 4 rings (SSSR count). The zero-order valence-electron chi connectivity index (χ0n) is 16.9. The predicted molar refractivity (Wildman–Crippen MR) is 110 cm³/mol. The summed E-state index contributed by atoms with van der Waals surface area (Å²) in [5.74, 6) is -0.783. The first kappa shape index (κ1) is 20.8. The Hall–Kier alpha value is -2.42. The fourth-order valence-electron chi connectivity index (χ4n) is 4.76. The van der Waals surface area contributed by atoms with Gasteiger partial charge in [0.2, 0.25) is 5.91 Å². The standard InChI is InChI=1S/C21H27N3O5S/c25-18(14-24-19(26)21(22-20(24)27)10-5-2-6-11-21)23(13-16-7-3-1-4-8-16)17-9-12-30(28,29)15-17/h1,3-4,7-8,17H,2,5-6,9-15H2,(H,22,27)/t17-/m0/s1. The molecule has 0 radical (unpaired) electrons. The highest BCUT2D eigenvalue weighted by molar-refractivity contribution is 7.91. The molecule has 8 nitrogen and oxygen atoms in total. The molecule has 2 aliphatic heterocycles. The number of hydrogen-bond acceptors (Lipinski definition) is 5. The van der Waals surface area contributed by atoms with Crippen LogP contribution in [0.4, 0.5) is 4.79 Å². The van der Waals surface area contributed by atoms with Crippen molar-refractivity contribution in [2.45, 2.75) is 56.7 Å². The summed E-state index contributed by atoms with van der Waals surface area (Å²) in [7, 11) is -3.19. The van der Waals surface area contributed by atoms with Crippen molar-refractivity contribution < 1.29 is 22.8 Å². The fourth-order valence-corrected chi connectivity index (χ4v) is 6.49. The molecule has 0 unspecified atom stereocenters. The third-order valence-electron chi connectivity index (χ3n) is 6.41. The molecular formula is C21H27N3O5S. The molecule has 0 aromatic heterocycles. The highest BCUT2D eigenvalue weighted by Crippen LogP contribution is 2.33. The average molecular weight is 434 g/mol. The minimum atomic E-state index is -3.19. The molecule has 1 spiro atoms. The SMILES string of the molecule is O=C1NC2(CCCCC2)C(=O)N1CC(=O)N(Cc1ccccc1)[C@H]1CCS(=O)(=O)C1. The van der Waals surface area contributed by atoms with E-state index in [4.69, 9.17) is 0 Å². The Morgan fingerprint density at radius 2 is 1.83 bits per heavy atom. The van der Waals surface area contributed by atoms with E-state index in [1.165, 1.54) is 4.90 Å². The molecule has 0 bridgehead atoms. The maximum absolute atomic E-state index is 13.2. The Labute approximate surface area is 176 Å². The molecule has 2 saturated heterocycles. The molecule has 4 amide bonds. The number of nitrogens with one attached hydrogen (secondary N) is 1. The second-order valence-corrected chi connectivity index (χ2v) is 10.8. The maximum Gasteiger partial charge on any atom is 0.325 e. The summed E-state index contributed by atoms with van der Waals surface area (Å²) in [6, 6.07) is 8.33. The lowest BCUT2D eigenvalue weighted by Crippen LogP contribution is -2.50. The second kappa shape index (κ2) is 8.02. The lowest BCUT2D eigenvalue weighted by atomic mass is 9.82. The first-order valence-corrected chi connectivity index (χ1v) is 12.3. The Kier molecular flexibility index (Phi) is 5.57. The van der Waals surface area contributed by atoms with Crippen LogP contribution in [-0.4, -0.2) is 65.7 Å². The van der Waals surface area contributed by atoms with Crippen LogP contribution in [0.25, 0.3) is 0 Å². The fraction of sp³-hybridized carbons (Fsp3) is 0.571. The number of urea groups is 1. The highest BCUT2D eigenvalue weighted by Gasteiger charge is 2.52. The number of rotatable bonds is 5. The molecule has 1 aromatic carbocycles. The van der Waals surface area contributed by atoms with Crippen molar-refractivity contribution in [2.75, 3.05) is 18.1 Å². The first-order valence-electron chi connectivity index (χ1n) is 10.5. The normalized spacial score (nSPS) is 24.8. The maximum atomic E-state index is 13.2. The Balaban J connectivity index is 1.53. The van der Waals surface area contributed by atoms with E-state index in [9.17, 15) is 22.8 Å². The minimum Gasteiger partial charge on any atom is -0.333 e. The van der Waals surface area contributed by atoms with Gasteiger partial charge in [-0.2, -0.15) is 0 Å². The van der Waals surface area contributed by atoms with Crippen LogP contribution in [0.15, 0.2) is 30.3 Å². The molecule has 9 heteroatoms. The van der Waals surface area contributed by atoms with Gasteiger partial charge < -0.3 is 10.2 Å². The van der Waals surface area contributed by atoms with Gasteiger partial charge in [-0.1, -0.05) is 49.6 Å². The second-order valence-electron chi connectivity index (χ2n) is 8.53. The summed E-state index contributed by atoms with van der Waals surface area (Å²) in [4.78, 5) is 41.3. The number of nitrogens with zero attached hydrogens (tertiary/aromatic N) is 2. The van der Waals surface area contributed by atoms with E-state index < -0.39 is 33.4 Å². The van der Waals surface area contributed by atoms with Gasteiger partial charge in [0.15, 0.2) is 9.84 Å². The number of sulfone groups is 1. The molecular weight excluding hydrogens is 406 g/mol. The van der Waals surface area contributed by atoms with Gasteiger partial charge in [0, 0.05) is 12.6 Å². The molecule has 1 aromatic rings. The number of carbonyl (C=O) groups excluding carboxylic acids is 3. The van der Waals surface area contributed by atoms with Gasteiger partial charge in [-0.3, -0.25) is 14.5 Å². The van der Waals surface area contributed by atoms with E-state index in [2.05, 4.69) is 5.32 Å². The van der Waals surface area contributed by atoms with Crippen molar-refractivity contribution in [2.24, 2.45) is 0 Å². The zero-order chi connectivity index (χ0) is 21.4. The summed E-state index contributed by atoms with van der Waals surface area (Å²) in [6.07, 6.45) is 4.32. The van der Waals surface area contributed by atoms with Gasteiger partial charge in [0.05, 0.1) is 11.5 Å². The molecule has 2 heterocycles. The highest BCUT2D eigenvalue weighted by atomic mass is 32.2. The summed E-state index contributed by atoms with van der Waals surface area (Å²) in [6.45, 7) is -0.121. The number of carbonyl (C=O) groups is 3. The summed E-state index contributed by atoms with van der Waals surface area (Å²) in [5, 5.41) is 2.82. The summed E-state index contributed by atoms with van der Waals surface area (Å²) < 4.78 is 24.0. The molecule has 1 atom stereocenters. The first-order chi connectivity index (χ1) is 14.3. The Morgan fingerprint density at radius 1 is 1.13 bits per heavy atom. The van der Waals surface area contributed by atoms with Crippen molar-refractivity contribution in [3.8, 4) is 0 Å². The van der Waals surface area contributed by atoms with Gasteiger partial charge in [-0.25, -0.2) is 13.2 Å². The van der Waals surface area contributed by atoms with Crippen LogP contribution in [-0.2, 0) is 26.0 Å². The quantitative estimate of drug-likeness (QED) is 0.708. The van der Waals surface area contributed by atoms with E-state index in [-0.39, 0.29) is 30.5 Å². The summed E-state index contributed by atoms with van der Waals surface area (Å²) in [5.41, 5.74) is -0.00701. The molecule has 162 valence electrons. The van der Waals surface area contributed by atoms with Crippen LogP contribution >= 0.6 is 0 Å². The Bertz CT molecular complexity index is 941. The van der Waals surface area contributed by atoms with E-state index in [1.54, 1.807) is 0 Å². The average Bonchev–Trinajstić information content (AvgIpc) is 3.19. The third kappa shape index (κ3) is 4.08. The number of benzene rings is 1. The van der Waals surface area contributed by atoms with Crippen molar-refractivity contribution in [1.29, 1.82) is 0 Å². The van der Waals surface area contributed by atoms with Gasteiger partial charge in [0.1, 0.15) is 12.1 Å². The van der Waals surface area contributed by atoms with E-state index in [0.717, 1.165) is 29.7 Å². The third-order valence-corrected chi connectivity index (χ3v) is 8.16. The number of amides is 4. The molecule has 1 N–H and O–H groups in total. The van der Waals surface area contributed by atoms with Crippen molar-refractivity contribution >= 4 is 27.7 Å². The molecule has 1 saturated carbocycles. The van der Waals surface area contributed by atoms with Gasteiger partial charge in [0.25, 0.3) is 5.91 Å². The molecule has 1 aliphatic carbocycles. The van der Waals surface area contributed by atoms with Crippen molar-refractivity contribution in [3.63, 3.8) is 0 Å². The largest absolute Gasteiger partial charge is 0.333 e. The van der Waals surface area contributed by atoms with E-state index >= 15 is 0 Å². The van der Waals surface area contributed by atoms with Crippen LogP contribution in [0.1, 0.15) is 44.1 Å². The van der Waals surface area contributed by atoms with Crippen molar-refractivity contribution in [3.05, 3.63) is 35.9 Å². The topological polar surface area (TPSA) is 104 Å². The summed E-state index contributed by atoms with van der Waals surface area (Å²) >= 11 is 0. The van der Waals surface area contributed by atoms with Gasteiger partial charge >= 0.3 is 6.03 Å². The van der Waals surface area contributed by atoms with Gasteiger partial charge in [-0.05, 0) is 24.8 Å². The van der Waals surface area contributed by atoms with Crippen LogP contribution in [0.5, 0.6) is 0 Å². The smallest absolute Gasteiger partial charge is 0.325 e. The van der Waals surface area contributed by atoms with Crippen molar-refractivity contribution in [1.82, 2.24) is 15.1 Å². The van der Waals surface area contributed by atoms with E-state index in [1.807, 2.05) is 30.3 Å². The molecule has 3 aliphatic rings. The number of imide groups is 1. The minimum absolute atomic E-state index is 0.0441. The molecule has 3 fully saturated rings. The lowest BCUT2D eigenvalue weighted by Gasteiger charge is -2.31. The van der Waals surface area contributed by atoms with E-state index in [0.29, 0.717) is 19.3 Å². The Morgan fingerprint density at radius 3 is 2.47 bits per heavy atom.